The Morgan fingerprint density at radius 2 is 1.81 bits per heavy atom. The fourth-order valence-electron chi connectivity index (χ4n) is 2.75. The largest absolute Gasteiger partial charge is 0.493 e. The number of nitrogens with zero attached hydrogens (tertiary/aromatic N) is 2. The zero-order chi connectivity index (χ0) is 18.9. The average molecular weight is 363 g/mol. The lowest BCUT2D eigenvalue weighted by atomic mass is 10.1. The fourth-order valence-corrected chi connectivity index (χ4v) is 2.75. The molecule has 0 unspecified atom stereocenters. The van der Waals surface area contributed by atoms with Crippen molar-refractivity contribution >= 4 is 18.2 Å². The van der Waals surface area contributed by atoms with Gasteiger partial charge in [-0.3, -0.25) is 14.4 Å². The van der Waals surface area contributed by atoms with Crippen molar-refractivity contribution in [3.63, 3.8) is 0 Å². The molecule has 1 aliphatic heterocycles. The molecule has 1 aromatic carbocycles. The number of aryl methyl sites for hydroxylation is 1. The topological polar surface area (TPSA) is 88.2 Å². The molecular weight excluding hydrogens is 338 g/mol. The Labute approximate surface area is 153 Å². The van der Waals surface area contributed by atoms with Gasteiger partial charge < -0.3 is 24.6 Å². The van der Waals surface area contributed by atoms with Gasteiger partial charge in [0, 0.05) is 32.6 Å². The maximum absolute atomic E-state index is 12.1. The highest BCUT2D eigenvalue weighted by Crippen LogP contribution is 2.27. The van der Waals surface area contributed by atoms with Gasteiger partial charge in [-0.15, -0.1) is 0 Å². The molecule has 1 saturated heterocycles. The summed E-state index contributed by atoms with van der Waals surface area (Å²) in [6, 6.07) is 5.52. The first kappa shape index (κ1) is 19.6. The molecule has 0 aromatic heterocycles. The van der Waals surface area contributed by atoms with Crippen molar-refractivity contribution in [2.75, 3.05) is 46.9 Å². The molecule has 0 bridgehead atoms. The van der Waals surface area contributed by atoms with Crippen LogP contribution in [-0.2, 0) is 20.8 Å². The zero-order valence-electron chi connectivity index (χ0n) is 15.2. The first-order chi connectivity index (χ1) is 12.6. The highest BCUT2D eigenvalue weighted by molar-refractivity contribution is 5.85. The van der Waals surface area contributed by atoms with Gasteiger partial charge in [-0.25, -0.2) is 0 Å². The summed E-state index contributed by atoms with van der Waals surface area (Å²) in [7, 11) is 3.13. The SMILES string of the molecule is COc1ccc(CCC(=O)NCC(=O)N2CCN(C=O)CC2)cc1OC. The molecule has 0 spiro atoms. The van der Waals surface area contributed by atoms with Crippen LogP contribution >= 0.6 is 0 Å². The van der Waals surface area contributed by atoms with Gasteiger partial charge in [0.05, 0.1) is 20.8 Å². The van der Waals surface area contributed by atoms with Gasteiger partial charge in [-0.05, 0) is 24.1 Å². The minimum atomic E-state index is -0.181. The smallest absolute Gasteiger partial charge is 0.242 e. The van der Waals surface area contributed by atoms with Crippen LogP contribution in [0.25, 0.3) is 0 Å². The number of rotatable bonds is 8. The van der Waals surface area contributed by atoms with Gasteiger partial charge in [-0.1, -0.05) is 6.07 Å². The van der Waals surface area contributed by atoms with Crippen LogP contribution in [0, 0.1) is 0 Å². The lowest BCUT2D eigenvalue weighted by molar-refractivity contribution is -0.135. The molecule has 0 aliphatic carbocycles. The maximum atomic E-state index is 12.1. The van der Waals surface area contributed by atoms with E-state index in [-0.39, 0.29) is 24.8 Å². The van der Waals surface area contributed by atoms with Crippen molar-refractivity contribution in [3.8, 4) is 11.5 Å². The quantitative estimate of drug-likeness (QED) is 0.660. The number of carbonyl (C=O) groups excluding carboxylic acids is 3. The Bertz CT molecular complexity index is 642. The van der Waals surface area contributed by atoms with Crippen molar-refractivity contribution < 1.29 is 23.9 Å². The number of benzene rings is 1. The predicted octanol–water partition coefficient (Wildman–Crippen LogP) is 0.0532. The Balaban J connectivity index is 1.73. The van der Waals surface area contributed by atoms with Crippen LogP contribution in [0.5, 0.6) is 11.5 Å². The average Bonchev–Trinajstić information content (AvgIpc) is 2.70. The van der Waals surface area contributed by atoms with Crippen LogP contribution in [0.2, 0.25) is 0 Å². The first-order valence-electron chi connectivity index (χ1n) is 8.52. The third kappa shape index (κ3) is 5.37. The molecule has 8 nitrogen and oxygen atoms in total. The molecule has 0 atom stereocenters. The van der Waals surface area contributed by atoms with Crippen LogP contribution in [-0.4, -0.2) is 75.0 Å². The molecule has 1 heterocycles. The van der Waals surface area contributed by atoms with E-state index in [9.17, 15) is 14.4 Å². The Morgan fingerprint density at radius 3 is 2.42 bits per heavy atom. The molecule has 0 saturated carbocycles. The van der Waals surface area contributed by atoms with E-state index in [2.05, 4.69) is 5.32 Å². The molecule has 3 amide bonds. The second kappa shape index (κ2) is 9.65. The summed E-state index contributed by atoms with van der Waals surface area (Å²) in [5.41, 5.74) is 0.953. The predicted molar refractivity (Wildman–Crippen MR) is 95.1 cm³/mol. The minimum absolute atomic E-state index is 0.0220. The second-order valence-electron chi connectivity index (χ2n) is 5.99. The number of methoxy groups -OCH3 is 2. The van der Waals surface area contributed by atoms with E-state index in [0.29, 0.717) is 44.1 Å². The summed E-state index contributed by atoms with van der Waals surface area (Å²) in [6.07, 6.45) is 1.61. The van der Waals surface area contributed by atoms with Crippen LogP contribution in [0.4, 0.5) is 0 Å². The summed E-state index contributed by atoms with van der Waals surface area (Å²) >= 11 is 0. The van der Waals surface area contributed by atoms with E-state index >= 15 is 0 Å². The van der Waals surface area contributed by atoms with Crippen LogP contribution in [0.15, 0.2) is 18.2 Å². The standard InChI is InChI=1S/C18H25N3O5/c1-25-15-5-3-14(11-16(15)26-2)4-6-17(23)19-12-18(24)21-9-7-20(13-22)8-10-21/h3,5,11,13H,4,6-10,12H2,1-2H3,(H,19,23). The number of hydrogen-bond acceptors (Lipinski definition) is 5. The van der Waals surface area contributed by atoms with Gasteiger partial charge in [0.1, 0.15) is 0 Å². The molecule has 2 rings (SSSR count). The number of carbonyl (C=O) groups is 3. The monoisotopic (exact) mass is 363 g/mol. The number of nitrogens with one attached hydrogen (secondary N) is 1. The number of ether oxygens (including phenoxy) is 2. The molecule has 142 valence electrons. The van der Waals surface area contributed by atoms with Gasteiger partial charge in [0.25, 0.3) is 0 Å². The van der Waals surface area contributed by atoms with E-state index in [0.717, 1.165) is 12.0 Å². The normalized spacial score (nSPS) is 13.9. The van der Waals surface area contributed by atoms with Gasteiger partial charge in [-0.2, -0.15) is 0 Å². The lowest BCUT2D eigenvalue weighted by Crippen LogP contribution is -2.50. The van der Waals surface area contributed by atoms with Crippen LogP contribution in [0.1, 0.15) is 12.0 Å². The zero-order valence-corrected chi connectivity index (χ0v) is 15.2. The Hall–Kier alpha value is -2.77. The summed E-state index contributed by atoms with van der Waals surface area (Å²) in [5, 5.41) is 2.66. The Morgan fingerprint density at radius 1 is 1.12 bits per heavy atom. The maximum Gasteiger partial charge on any atom is 0.242 e. The highest BCUT2D eigenvalue weighted by atomic mass is 16.5. The van der Waals surface area contributed by atoms with Gasteiger partial charge in [0.2, 0.25) is 18.2 Å². The van der Waals surface area contributed by atoms with Crippen LogP contribution < -0.4 is 14.8 Å². The second-order valence-corrected chi connectivity index (χ2v) is 5.99. The highest BCUT2D eigenvalue weighted by Gasteiger charge is 2.20. The first-order valence-corrected chi connectivity index (χ1v) is 8.52. The molecule has 1 fully saturated rings. The molecule has 8 heteroatoms. The minimum Gasteiger partial charge on any atom is -0.493 e. The van der Waals surface area contributed by atoms with E-state index in [1.807, 2.05) is 12.1 Å². The number of hydrogen-bond donors (Lipinski definition) is 1. The Kier molecular flexibility index (Phi) is 7.25. The van der Waals surface area contributed by atoms with Gasteiger partial charge in [0.15, 0.2) is 11.5 Å². The molecule has 1 aliphatic rings. The molecular formula is C18H25N3O5. The van der Waals surface area contributed by atoms with E-state index in [4.69, 9.17) is 9.47 Å². The molecule has 1 N–H and O–H groups in total. The lowest BCUT2D eigenvalue weighted by Gasteiger charge is -2.32. The van der Waals surface area contributed by atoms with E-state index in [1.54, 1.807) is 30.1 Å². The molecule has 26 heavy (non-hydrogen) atoms. The molecule has 0 radical (unpaired) electrons. The third-order valence-corrected chi connectivity index (χ3v) is 4.34. The van der Waals surface area contributed by atoms with Crippen molar-refractivity contribution in [2.45, 2.75) is 12.8 Å². The number of amides is 3. The summed E-state index contributed by atoms with van der Waals surface area (Å²) in [4.78, 5) is 38.0. The van der Waals surface area contributed by atoms with Gasteiger partial charge >= 0.3 is 0 Å². The van der Waals surface area contributed by atoms with Crippen molar-refractivity contribution in [1.29, 1.82) is 0 Å². The fraction of sp³-hybridized carbons (Fsp3) is 0.500. The molecule has 1 aromatic rings. The van der Waals surface area contributed by atoms with E-state index in [1.165, 1.54) is 0 Å². The summed E-state index contributed by atoms with van der Waals surface area (Å²) in [5.74, 6) is 0.950. The summed E-state index contributed by atoms with van der Waals surface area (Å²) < 4.78 is 10.4. The van der Waals surface area contributed by atoms with Crippen LogP contribution in [0.3, 0.4) is 0 Å². The third-order valence-electron chi connectivity index (χ3n) is 4.34. The number of piperazine rings is 1. The van der Waals surface area contributed by atoms with Crippen molar-refractivity contribution in [3.05, 3.63) is 23.8 Å². The van der Waals surface area contributed by atoms with Crippen molar-refractivity contribution in [2.24, 2.45) is 0 Å². The van der Waals surface area contributed by atoms with E-state index < -0.39 is 0 Å². The summed E-state index contributed by atoms with van der Waals surface area (Å²) in [6.45, 7) is 2.04. The van der Waals surface area contributed by atoms with Crippen molar-refractivity contribution in [1.82, 2.24) is 15.1 Å².